The Balaban J connectivity index is 1.56. The van der Waals surface area contributed by atoms with Crippen LogP contribution in [0, 0.1) is 0 Å². The van der Waals surface area contributed by atoms with Gasteiger partial charge in [0.05, 0.1) is 5.75 Å². The number of amides is 1. The number of benzene rings is 2. The Hall–Kier alpha value is -2.51. The summed E-state index contributed by atoms with van der Waals surface area (Å²) in [5.74, 6) is 1.76. The predicted molar refractivity (Wildman–Crippen MR) is 120 cm³/mol. The van der Waals surface area contributed by atoms with Gasteiger partial charge >= 0.3 is 0 Å². The van der Waals surface area contributed by atoms with Crippen LogP contribution in [-0.4, -0.2) is 37.4 Å². The zero-order valence-electron chi connectivity index (χ0n) is 17.3. The van der Waals surface area contributed by atoms with Gasteiger partial charge in [-0.3, -0.25) is 4.79 Å². The van der Waals surface area contributed by atoms with Crippen molar-refractivity contribution >= 4 is 29.3 Å². The van der Waals surface area contributed by atoms with E-state index in [2.05, 4.69) is 10.2 Å². The highest BCUT2D eigenvalue weighted by molar-refractivity contribution is 7.99. The zero-order valence-corrected chi connectivity index (χ0v) is 18.9. The third kappa shape index (κ3) is 6.00. The Bertz CT molecular complexity index is 961. The molecule has 0 N–H and O–H groups in total. The van der Waals surface area contributed by atoms with E-state index in [9.17, 15) is 4.79 Å². The zero-order chi connectivity index (χ0) is 21.5. The first-order valence-corrected chi connectivity index (χ1v) is 11.0. The van der Waals surface area contributed by atoms with Crippen molar-refractivity contribution < 1.29 is 9.53 Å². The molecule has 0 aliphatic rings. The van der Waals surface area contributed by atoms with Crippen molar-refractivity contribution in [1.29, 1.82) is 0 Å². The molecule has 0 aliphatic heterocycles. The van der Waals surface area contributed by atoms with Crippen molar-refractivity contribution in [2.45, 2.75) is 38.2 Å². The van der Waals surface area contributed by atoms with Crippen molar-refractivity contribution in [1.82, 2.24) is 19.7 Å². The van der Waals surface area contributed by atoms with Gasteiger partial charge in [0, 0.05) is 24.7 Å². The van der Waals surface area contributed by atoms with Crippen LogP contribution in [0.25, 0.3) is 0 Å². The lowest BCUT2D eigenvalue weighted by Crippen LogP contribution is -2.37. The molecule has 3 rings (SSSR count). The topological polar surface area (TPSA) is 60.3 Å². The average molecular weight is 445 g/mol. The molecule has 1 heterocycles. The summed E-state index contributed by atoms with van der Waals surface area (Å²) in [4.78, 5) is 14.7. The predicted octanol–water partition coefficient (Wildman–Crippen LogP) is 4.58. The van der Waals surface area contributed by atoms with Crippen molar-refractivity contribution in [3.05, 3.63) is 71.0 Å². The summed E-state index contributed by atoms with van der Waals surface area (Å²) in [5.41, 5.74) is 1.12. The van der Waals surface area contributed by atoms with Gasteiger partial charge in [-0.1, -0.05) is 53.7 Å². The summed E-state index contributed by atoms with van der Waals surface area (Å²) in [6.45, 7) is 4.93. The van der Waals surface area contributed by atoms with Gasteiger partial charge in [0.15, 0.2) is 11.0 Å². The van der Waals surface area contributed by atoms with E-state index in [0.29, 0.717) is 34.1 Å². The standard InChI is InChI=1S/C22H25ClN4O2S/c1-16(2)27(13-17-7-5-4-6-8-17)21(28)15-30-22-25-24-20(26(22)3)14-29-19-11-9-18(23)10-12-19/h4-12,16H,13-15H2,1-3H3. The number of carbonyl (C=O) groups is 1. The quantitative estimate of drug-likeness (QED) is 0.452. The molecule has 0 saturated carbocycles. The molecule has 1 aromatic heterocycles. The fraction of sp³-hybridized carbons (Fsp3) is 0.318. The van der Waals surface area contributed by atoms with Crippen molar-refractivity contribution in [2.24, 2.45) is 7.05 Å². The smallest absolute Gasteiger partial charge is 0.233 e. The van der Waals surface area contributed by atoms with Crippen LogP contribution in [-0.2, 0) is 25.0 Å². The van der Waals surface area contributed by atoms with Crippen LogP contribution in [0.4, 0.5) is 0 Å². The Morgan fingerprint density at radius 1 is 1.13 bits per heavy atom. The highest BCUT2D eigenvalue weighted by Crippen LogP contribution is 2.20. The van der Waals surface area contributed by atoms with Crippen LogP contribution in [0.15, 0.2) is 59.8 Å². The molecule has 3 aromatic rings. The summed E-state index contributed by atoms with van der Waals surface area (Å²) in [5, 5.41) is 9.74. The number of ether oxygens (including phenoxy) is 1. The Morgan fingerprint density at radius 3 is 2.50 bits per heavy atom. The molecule has 0 fully saturated rings. The molecule has 0 spiro atoms. The maximum atomic E-state index is 12.8. The molecule has 158 valence electrons. The normalized spacial score (nSPS) is 11.0. The maximum absolute atomic E-state index is 12.8. The lowest BCUT2D eigenvalue weighted by atomic mass is 10.2. The molecule has 0 atom stereocenters. The Labute approximate surface area is 186 Å². The highest BCUT2D eigenvalue weighted by Gasteiger charge is 2.19. The van der Waals surface area contributed by atoms with Crippen LogP contribution in [0.1, 0.15) is 25.2 Å². The van der Waals surface area contributed by atoms with Gasteiger partial charge in [-0.25, -0.2) is 0 Å². The third-order valence-electron chi connectivity index (χ3n) is 4.57. The van der Waals surface area contributed by atoms with E-state index in [1.54, 1.807) is 24.3 Å². The Morgan fingerprint density at radius 2 is 1.83 bits per heavy atom. The van der Waals surface area contributed by atoms with Gasteiger partial charge in [0.25, 0.3) is 0 Å². The van der Waals surface area contributed by atoms with Gasteiger partial charge in [-0.05, 0) is 43.7 Å². The molecule has 0 radical (unpaired) electrons. The van der Waals surface area contributed by atoms with E-state index in [1.807, 2.05) is 60.7 Å². The number of hydrogen-bond donors (Lipinski definition) is 0. The minimum atomic E-state index is 0.0702. The van der Waals surface area contributed by atoms with Gasteiger partial charge in [-0.15, -0.1) is 10.2 Å². The first kappa shape index (κ1) is 22.2. The number of nitrogens with zero attached hydrogens (tertiary/aromatic N) is 4. The molecule has 2 aromatic carbocycles. The van der Waals surface area contributed by atoms with E-state index < -0.39 is 0 Å². The molecule has 0 saturated heterocycles. The molecule has 0 bridgehead atoms. The van der Waals surface area contributed by atoms with Crippen LogP contribution < -0.4 is 4.74 Å². The van der Waals surface area contributed by atoms with E-state index in [0.717, 1.165) is 5.56 Å². The van der Waals surface area contributed by atoms with Crippen LogP contribution in [0.2, 0.25) is 5.02 Å². The van der Waals surface area contributed by atoms with Crippen LogP contribution in [0.3, 0.4) is 0 Å². The van der Waals surface area contributed by atoms with Crippen molar-refractivity contribution in [3.8, 4) is 5.75 Å². The van der Waals surface area contributed by atoms with Gasteiger partial charge in [0.1, 0.15) is 12.4 Å². The van der Waals surface area contributed by atoms with Gasteiger partial charge < -0.3 is 14.2 Å². The average Bonchev–Trinajstić information content (AvgIpc) is 3.10. The number of halogens is 1. The van der Waals surface area contributed by atoms with E-state index in [4.69, 9.17) is 16.3 Å². The third-order valence-corrected chi connectivity index (χ3v) is 5.83. The number of hydrogen-bond acceptors (Lipinski definition) is 5. The second kappa shape index (κ2) is 10.5. The molecular formula is C22H25ClN4O2S. The second-order valence-electron chi connectivity index (χ2n) is 7.09. The first-order valence-electron chi connectivity index (χ1n) is 9.67. The highest BCUT2D eigenvalue weighted by atomic mass is 35.5. The summed E-state index contributed by atoms with van der Waals surface area (Å²) in [7, 11) is 1.87. The van der Waals surface area contributed by atoms with Crippen LogP contribution in [0.5, 0.6) is 5.75 Å². The molecule has 6 nitrogen and oxygen atoms in total. The minimum Gasteiger partial charge on any atom is -0.486 e. The van der Waals surface area contributed by atoms with E-state index in [-0.39, 0.29) is 18.6 Å². The Kier molecular flexibility index (Phi) is 7.76. The number of aromatic nitrogens is 3. The van der Waals surface area contributed by atoms with E-state index >= 15 is 0 Å². The largest absolute Gasteiger partial charge is 0.486 e. The summed E-state index contributed by atoms with van der Waals surface area (Å²) < 4.78 is 7.59. The maximum Gasteiger partial charge on any atom is 0.233 e. The molecule has 8 heteroatoms. The summed E-state index contributed by atoms with van der Waals surface area (Å²) in [6.07, 6.45) is 0. The SMILES string of the molecule is CC(C)N(Cc1ccccc1)C(=O)CSc1nnc(COc2ccc(Cl)cc2)n1C. The monoisotopic (exact) mass is 444 g/mol. The first-order chi connectivity index (χ1) is 14.4. The lowest BCUT2D eigenvalue weighted by molar-refractivity contribution is -0.130. The second-order valence-corrected chi connectivity index (χ2v) is 8.47. The van der Waals surface area contributed by atoms with Gasteiger partial charge in [0.2, 0.25) is 5.91 Å². The van der Waals surface area contributed by atoms with Crippen molar-refractivity contribution in [3.63, 3.8) is 0 Å². The van der Waals surface area contributed by atoms with E-state index in [1.165, 1.54) is 11.8 Å². The molecule has 30 heavy (non-hydrogen) atoms. The fourth-order valence-electron chi connectivity index (χ4n) is 2.82. The summed E-state index contributed by atoms with van der Waals surface area (Å²) in [6, 6.07) is 17.3. The van der Waals surface area contributed by atoms with Crippen molar-refractivity contribution in [2.75, 3.05) is 5.75 Å². The molecule has 0 unspecified atom stereocenters. The molecule has 1 amide bonds. The summed E-state index contributed by atoms with van der Waals surface area (Å²) >= 11 is 7.27. The molecule has 0 aliphatic carbocycles. The fourth-order valence-corrected chi connectivity index (χ4v) is 3.77. The number of thioether (sulfide) groups is 1. The molecular weight excluding hydrogens is 420 g/mol. The number of rotatable bonds is 9. The number of carbonyl (C=O) groups excluding carboxylic acids is 1. The lowest BCUT2D eigenvalue weighted by Gasteiger charge is -2.26. The van der Waals surface area contributed by atoms with Crippen LogP contribution >= 0.6 is 23.4 Å². The minimum absolute atomic E-state index is 0.0702. The van der Waals surface area contributed by atoms with Gasteiger partial charge in [-0.2, -0.15) is 0 Å².